The zero-order valence-corrected chi connectivity index (χ0v) is 25.2. The van der Waals surface area contributed by atoms with Crippen molar-refractivity contribution in [2.24, 2.45) is 5.92 Å². The number of hydrogen-bond donors (Lipinski definition) is 0. The maximum Gasteiger partial charge on any atom is 0.0691 e. The van der Waals surface area contributed by atoms with E-state index in [2.05, 4.69) is 136 Å². The van der Waals surface area contributed by atoms with Crippen LogP contribution in [0, 0.1) is 19.8 Å². The molecule has 0 saturated heterocycles. The average molecular weight is 553 g/mol. The van der Waals surface area contributed by atoms with Crippen LogP contribution in [0.4, 0.5) is 0 Å². The van der Waals surface area contributed by atoms with Crippen LogP contribution >= 0.6 is 0 Å². The molecule has 0 radical (unpaired) electrons. The molecule has 1 spiro atoms. The highest BCUT2D eigenvalue weighted by atomic mass is 14.6. The van der Waals surface area contributed by atoms with Gasteiger partial charge in [0, 0.05) is 0 Å². The van der Waals surface area contributed by atoms with Gasteiger partial charge < -0.3 is 0 Å². The van der Waals surface area contributed by atoms with Crippen molar-refractivity contribution in [3.05, 3.63) is 160 Å². The summed E-state index contributed by atoms with van der Waals surface area (Å²) in [4.78, 5) is 0. The Labute approximate surface area is 255 Å². The van der Waals surface area contributed by atoms with Crippen molar-refractivity contribution >= 4 is 5.57 Å². The van der Waals surface area contributed by atoms with Gasteiger partial charge in [-0.25, -0.2) is 0 Å². The molecule has 4 aliphatic rings. The fraction of sp³-hybridized carbons (Fsp3) is 0.209. The minimum Gasteiger partial charge on any atom is -0.0833 e. The first-order chi connectivity index (χ1) is 21.1. The van der Waals surface area contributed by atoms with Crippen molar-refractivity contribution in [1.82, 2.24) is 0 Å². The third-order valence-corrected chi connectivity index (χ3v) is 10.7. The molecule has 0 aliphatic heterocycles. The molecule has 0 nitrogen and oxygen atoms in total. The summed E-state index contributed by atoms with van der Waals surface area (Å²) < 4.78 is 0. The zero-order valence-electron chi connectivity index (χ0n) is 25.2. The molecule has 0 bridgehead atoms. The summed E-state index contributed by atoms with van der Waals surface area (Å²) in [6.07, 6.45) is 8.46. The molecular weight excluding hydrogens is 516 g/mol. The Kier molecular flexibility index (Phi) is 5.28. The quantitative estimate of drug-likeness (QED) is 0.209. The highest BCUT2D eigenvalue weighted by molar-refractivity contribution is 5.98. The number of aryl methyl sites for hydroxylation is 2. The van der Waals surface area contributed by atoms with Crippen LogP contribution in [0.3, 0.4) is 0 Å². The molecule has 208 valence electrons. The molecule has 0 aromatic heterocycles. The normalized spacial score (nSPS) is 21.1. The lowest BCUT2D eigenvalue weighted by Crippen LogP contribution is -2.31. The number of hydrogen-bond acceptors (Lipinski definition) is 0. The fourth-order valence-electron chi connectivity index (χ4n) is 8.78. The van der Waals surface area contributed by atoms with Crippen molar-refractivity contribution in [3.63, 3.8) is 0 Å². The van der Waals surface area contributed by atoms with E-state index >= 15 is 0 Å². The average Bonchev–Trinajstić information content (AvgIpc) is 3.78. The van der Waals surface area contributed by atoms with E-state index in [1.54, 1.807) is 5.57 Å². The molecule has 5 aromatic carbocycles. The molecule has 2 atom stereocenters. The first-order valence-electron chi connectivity index (χ1n) is 16.0. The van der Waals surface area contributed by atoms with E-state index < -0.39 is 0 Å². The monoisotopic (exact) mass is 552 g/mol. The first kappa shape index (κ1) is 25.1. The van der Waals surface area contributed by atoms with E-state index in [9.17, 15) is 0 Å². The maximum absolute atomic E-state index is 2.59. The lowest BCUT2D eigenvalue weighted by atomic mass is 9.65. The minimum atomic E-state index is -0.254. The molecule has 5 aromatic rings. The van der Waals surface area contributed by atoms with E-state index in [1.807, 2.05) is 0 Å². The summed E-state index contributed by atoms with van der Waals surface area (Å²) >= 11 is 0. The molecule has 0 heterocycles. The summed E-state index contributed by atoms with van der Waals surface area (Å²) in [5.41, 5.74) is 21.1. The Bertz CT molecular complexity index is 2050. The molecular formula is C43H36. The summed E-state index contributed by atoms with van der Waals surface area (Å²) in [6, 6.07) is 39.8. The second kappa shape index (κ2) is 9.04. The van der Waals surface area contributed by atoms with E-state index in [1.165, 1.54) is 90.7 Å². The molecule has 1 saturated carbocycles. The highest BCUT2D eigenvalue weighted by Gasteiger charge is 2.54. The van der Waals surface area contributed by atoms with E-state index in [-0.39, 0.29) is 5.41 Å². The van der Waals surface area contributed by atoms with Crippen molar-refractivity contribution in [2.75, 3.05) is 0 Å². The molecule has 0 heteroatoms. The molecule has 0 amide bonds. The van der Waals surface area contributed by atoms with Gasteiger partial charge in [-0.15, -0.1) is 0 Å². The Balaban J connectivity index is 1.35. The number of allylic oxidation sites excluding steroid dienone is 4. The van der Waals surface area contributed by atoms with Gasteiger partial charge in [-0.1, -0.05) is 122 Å². The lowest BCUT2D eigenvalue weighted by molar-refractivity contribution is 0.591. The fourth-order valence-corrected chi connectivity index (χ4v) is 8.78. The molecule has 4 aliphatic carbocycles. The topological polar surface area (TPSA) is 0 Å². The van der Waals surface area contributed by atoms with Crippen LogP contribution in [-0.4, -0.2) is 0 Å². The summed E-state index contributed by atoms with van der Waals surface area (Å²) in [5, 5.41) is 0. The summed E-state index contributed by atoms with van der Waals surface area (Å²) in [5.74, 6) is 1.11. The van der Waals surface area contributed by atoms with Gasteiger partial charge in [0.1, 0.15) is 0 Å². The van der Waals surface area contributed by atoms with Gasteiger partial charge in [-0.05, 0) is 129 Å². The summed E-state index contributed by atoms with van der Waals surface area (Å²) in [6.45, 7) is 6.95. The predicted molar refractivity (Wildman–Crippen MR) is 180 cm³/mol. The van der Waals surface area contributed by atoms with Crippen LogP contribution in [0.2, 0.25) is 0 Å². The van der Waals surface area contributed by atoms with E-state index in [0.29, 0.717) is 11.8 Å². The van der Waals surface area contributed by atoms with Gasteiger partial charge >= 0.3 is 0 Å². The third kappa shape index (κ3) is 3.38. The smallest absolute Gasteiger partial charge is 0.0691 e. The van der Waals surface area contributed by atoms with Crippen molar-refractivity contribution in [1.29, 1.82) is 0 Å². The highest BCUT2D eigenvalue weighted by Crippen LogP contribution is 2.65. The van der Waals surface area contributed by atoms with Gasteiger partial charge in [0.2, 0.25) is 0 Å². The van der Waals surface area contributed by atoms with Crippen molar-refractivity contribution < 1.29 is 0 Å². The van der Waals surface area contributed by atoms with Gasteiger partial charge in [0.15, 0.2) is 0 Å². The van der Waals surface area contributed by atoms with Crippen molar-refractivity contribution in [2.45, 2.75) is 51.4 Å². The van der Waals surface area contributed by atoms with Gasteiger partial charge in [-0.2, -0.15) is 0 Å². The van der Waals surface area contributed by atoms with Crippen LogP contribution in [0.1, 0.15) is 71.0 Å². The lowest BCUT2D eigenvalue weighted by Gasteiger charge is -2.36. The largest absolute Gasteiger partial charge is 0.0833 e. The van der Waals surface area contributed by atoms with Crippen LogP contribution in [-0.2, 0) is 5.41 Å². The Morgan fingerprint density at radius 3 is 2.12 bits per heavy atom. The summed E-state index contributed by atoms with van der Waals surface area (Å²) in [7, 11) is 0. The van der Waals surface area contributed by atoms with Gasteiger partial charge in [-0.3, -0.25) is 0 Å². The van der Waals surface area contributed by atoms with Crippen LogP contribution in [0.5, 0.6) is 0 Å². The Morgan fingerprint density at radius 1 is 0.605 bits per heavy atom. The Hall–Kier alpha value is -4.42. The molecule has 9 rings (SSSR count). The second-order valence-electron chi connectivity index (χ2n) is 13.3. The molecule has 2 unspecified atom stereocenters. The van der Waals surface area contributed by atoms with E-state index in [0.717, 1.165) is 6.42 Å². The molecule has 1 fully saturated rings. The van der Waals surface area contributed by atoms with Crippen LogP contribution in [0.25, 0.3) is 39.0 Å². The Morgan fingerprint density at radius 2 is 1.30 bits per heavy atom. The minimum absolute atomic E-state index is 0.254. The van der Waals surface area contributed by atoms with E-state index in [4.69, 9.17) is 0 Å². The van der Waals surface area contributed by atoms with Crippen LogP contribution < -0.4 is 0 Å². The number of fused-ring (bicyclic) bond motifs is 9. The first-order valence-corrected chi connectivity index (χ1v) is 16.0. The van der Waals surface area contributed by atoms with Crippen molar-refractivity contribution in [3.8, 4) is 33.4 Å². The zero-order chi connectivity index (χ0) is 28.9. The third-order valence-electron chi connectivity index (χ3n) is 10.7. The second-order valence-corrected chi connectivity index (χ2v) is 13.3. The van der Waals surface area contributed by atoms with Crippen LogP contribution in [0.15, 0.2) is 121 Å². The molecule has 0 N–H and O–H groups in total. The number of rotatable bonds is 3. The SMILES string of the molecule is Cc1ccc2c(c1)C1(C3=C(C=CCC3C)c3ccccc31)c1cc(-c3cccc(-c4ccccc4C)c3C3CC3)ccc1-2. The van der Waals surface area contributed by atoms with Gasteiger partial charge in [0.25, 0.3) is 0 Å². The number of benzene rings is 5. The maximum atomic E-state index is 2.59. The molecule has 43 heavy (non-hydrogen) atoms. The van der Waals surface area contributed by atoms with Gasteiger partial charge in [0.05, 0.1) is 5.41 Å². The predicted octanol–water partition coefficient (Wildman–Crippen LogP) is 11.2. The standard InChI is InChI=1S/C43H36/c1-26-18-22-34-35-23-21-30(32-14-9-15-36(41(32)29-19-20-29)31-12-5-4-10-27(31)2)25-40(35)43(39(34)24-26)38-17-7-6-13-33(38)37-16-8-11-28(3)42(37)43/h4-10,12-18,21-25,28-29H,11,19-20H2,1-3H3.